The number of rotatable bonds is 20. The molecule has 0 aliphatic heterocycles. The van der Waals surface area contributed by atoms with Gasteiger partial charge in [0.25, 0.3) is 0 Å². The molecule has 0 atom stereocenters. The van der Waals surface area contributed by atoms with Crippen molar-refractivity contribution in [1.29, 1.82) is 0 Å². The van der Waals surface area contributed by atoms with Crippen LogP contribution in [0.4, 0.5) is 8.78 Å². The molecule has 0 bridgehead atoms. The predicted octanol–water partition coefficient (Wildman–Crippen LogP) is 13.4. The average Bonchev–Trinajstić information content (AvgIpc) is 3.08. The Morgan fingerprint density at radius 1 is 0.422 bits per heavy atom. The Balaban J connectivity index is 1.27. The minimum Gasteiger partial charge on any atom is -0.490 e. The van der Waals surface area contributed by atoms with E-state index in [-0.39, 0.29) is 11.3 Å². The number of benzene rings is 4. The summed E-state index contributed by atoms with van der Waals surface area (Å²) in [5.74, 6) is -1.79. The van der Waals surface area contributed by atoms with Gasteiger partial charge in [0.1, 0.15) is 0 Å². The van der Waals surface area contributed by atoms with Crippen LogP contribution in [-0.4, -0.2) is 6.61 Å². The zero-order valence-electron chi connectivity index (χ0n) is 27.6. The van der Waals surface area contributed by atoms with Gasteiger partial charge in [-0.15, -0.1) is 0 Å². The molecule has 1 nitrogen and oxygen atoms in total. The number of hydrogen-bond donors (Lipinski definition) is 0. The third-order valence-electron chi connectivity index (χ3n) is 8.82. The first-order valence-electron chi connectivity index (χ1n) is 17.5. The van der Waals surface area contributed by atoms with Crippen LogP contribution in [0.3, 0.4) is 0 Å². The summed E-state index contributed by atoms with van der Waals surface area (Å²) in [7, 11) is 0. The molecule has 4 aromatic rings. The number of ether oxygens (including phenoxy) is 1. The molecule has 0 N–H and O–H groups in total. The normalized spacial score (nSPS) is 11.2. The fourth-order valence-corrected chi connectivity index (χ4v) is 5.95. The fourth-order valence-electron chi connectivity index (χ4n) is 5.95. The highest BCUT2D eigenvalue weighted by Crippen LogP contribution is 2.32. The van der Waals surface area contributed by atoms with Crippen LogP contribution in [0.2, 0.25) is 0 Å². The third-order valence-corrected chi connectivity index (χ3v) is 8.82. The lowest BCUT2D eigenvalue weighted by molar-refractivity contribution is 0.285. The van der Waals surface area contributed by atoms with E-state index >= 15 is 4.39 Å². The second-order valence-corrected chi connectivity index (χ2v) is 12.4. The maximum atomic E-state index is 15.0. The molecule has 0 saturated heterocycles. The Kier molecular flexibility index (Phi) is 14.6. The third kappa shape index (κ3) is 10.8. The van der Waals surface area contributed by atoms with Gasteiger partial charge in [-0.3, -0.25) is 0 Å². The van der Waals surface area contributed by atoms with E-state index in [4.69, 9.17) is 4.74 Å². The molecule has 0 radical (unpaired) electrons. The molecule has 0 heterocycles. The number of hydrogen-bond acceptors (Lipinski definition) is 1. The summed E-state index contributed by atoms with van der Waals surface area (Å²) < 4.78 is 35.5. The zero-order chi connectivity index (χ0) is 31.7. The summed E-state index contributed by atoms with van der Waals surface area (Å²) in [6, 6.07) is 28.3. The lowest BCUT2D eigenvalue weighted by Gasteiger charge is -2.11. The van der Waals surface area contributed by atoms with Crippen molar-refractivity contribution in [3.63, 3.8) is 0 Å². The van der Waals surface area contributed by atoms with Crippen molar-refractivity contribution in [1.82, 2.24) is 0 Å². The number of aryl methyl sites for hydroxylation is 1. The van der Waals surface area contributed by atoms with E-state index in [2.05, 4.69) is 62.4 Å². The maximum absolute atomic E-state index is 15.0. The van der Waals surface area contributed by atoms with E-state index < -0.39 is 11.6 Å². The van der Waals surface area contributed by atoms with Crippen LogP contribution in [0.1, 0.15) is 109 Å². The van der Waals surface area contributed by atoms with Gasteiger partial charge in [-0.1, -0.05) is 164 Å². The molecule has 4 rings (SSSR count). The lowest BCUT2D eigenvalue weighted by atomic mass is 9.97. The van der Waals surface area contributed by atoms with Gasteiger partial charge >= 0.3 is 0 Å². The monoisotopic (exact) mass is 610 g/mol. The zero-order valence-corrected chi connectivity index (χ0v) is 27.6. The number of unbranched alkanes of at least 4 members (excludes halogenated alkanes) is 12. The average molecular weight is 611 g/mol. The van der Waals surface area contributed by atoms with Gasteiger partial charge < -0.3 is 4.74 Å². The van der Waals surface area contributed by atoms with Crippen molar-refractivity contribution in [2.75, 3.05) is 6.61 Å². The molecule has 0 aliphatic carbocycles. The molecule has 45 heavy (non-hydrogen) atoms. The largest absolute Gasteiger partial charge is 0.490 e. The van der Waals surface area contributed by atoms with Crippen molar-refractivity contribution in [2.45, 2.75) is 110 Å². The van der Waals surface area contributed by atoms with Crippen LogP contribution in [0, 0.1) is 11.6 Å². The minimum absolute atomic E-state index is 0.0108. The van der Waals surface area contributed by atoms with Crippen LogP contribution in [-0.2, 0) is 6.42 Å². The molecule has 0 unspecified atom stereocenters. The first kappa shape index (κ1) is 34.4. The topological polar surface area (TPSA) is 9.23 Å². The van der Waals surface area contributed by atoms with Crippen molar-refractivity contribution in [2.24, 2.45) is 0 Å². The van der Waals surface area contributed by atoms with E-state index in [9.17, 15) is 4.39 Å². The maximum Gasteiger partial charge on any atom is 0.201 e. The van der Waals surface area contributed by atoms with Gasteiger partial charge in [-0.25, -0.2) is 4.39 Å². The van der Waals surface area contributed by atoms with E-state index in [1.165, 1.54) is 87.3 Å². The standard InChI is InChI=1S/C42H52F2O/c1-3-5-7-9-11-12-14-16-32-45-40-31-30-39(41(43)42(40)44)38-28-26-37(27-29-38)36-24-22-35(23-25-36)34-20-18-33(19-21-34)17-15-13-10-8-6-4-2/h18-31H,3-17,32H2,1-2H3. The summed E-state index contributed by atoms with van der Waals surface area (Å²) in [6.45, 7) is 4.89. The molecule has 240 valence electrons. The highest BCUT2D eigenvalue weighted by molar-refractivity contribution is 5.73. The van der Waals surface area contributed by atoms with Crippen LogP contribution in [0.15, 0.2) is 84.9 Å². The smallest absolute Gasteiger partial charge is 0.201 e. The summed E-state index contributed by atoms with van der Waals surface area (Å²) >= 11 is 0. The summed E-state index contributed by atoms with van der Waals surface area (Å²) in [4.78, 5) is 0. The van der Waals surface area contributed by atoms with E-state index in [0.717, 1.165) is 36.8 Å². The first-order valence-corrected chi connectivity index (χ1v) is 17.5. The summed E-state index contributed by atoms with van der Waals surface area (Å²) in [5.41, 5.74) is 6.81. The molecule has 0 saturated carbocycles. The lowest BCUT2D eigenvalue weighted by Crippen LogP contribution is -2.01. The van der Waals surface area contributed by atoms with Crippen LogP contribution < -0.4 is 4.74 Å². The second kappa shape index (κ2) is 19.1. The van der Waals surface area contributed by atoms with Crippen LogP contribution in [0.5, 0.6) is 5.75 Å². The molecule has 0 aromatic heterocycles. The molecule has 3 heteroatoms. The molecule has 0 aliphatic rings. The van der Waals surface area contributed by atoms with Gasteiger partial charge in [0.05, 0.1) is 6.61 Å². The van der Waals surface area contributed by atoms with E-state index in [1.54, 1.807) is 12.1 Å². The molecular formula is C42H52F2O. The Morgan fingerprint density at radius 2 is 0.844 bits per heavy atom. The molecular weight excluding hydrogens is 558 g/mol. The fraction of sp³-hybridized carbons (Fsp3) is 0.429. The highest BCUT2D eigenvalue weighted by Gasteiger charge is 2.16. The van der Waals surface area contributed by atoms with Crippen LogP contribution in [0.25, 0.3) is 33.4 Å². The van der Waals surface area contributed by atoms with Gasteiger partial charge in [0, 0.05) is 5.56 Å². The number of halogens is 2. The van der Waals surface area contributed by atoms with Crippen molar-refractivity contribution >= 4 is 0 Å². The van der Waals surface area contributed by atoms with Crippen molar-refractivity contribution in [3.8, 4) is 39.1 Å². The van der Waals surface area contributed by atoms with Crippen molar-refractivity contribution < 1.29 is 13.5 Å². The van der Waals surface area contributed by atoms with Gasteiger partial charge in [0.15, 0.2) is 11.6 Å². The van der Waals surface area contributed by atoms with E-state index in [0.29, 0.717) is 12.2 Å². The minimum atomic E-state index is -0.915. The highest BCUT2D eigenvalue weighted by atomic mass is 19.2. The Bertz CT molecular complexity index is 1390. The Morgan fingerprint density at radius 3 is 1.36 bits per heavy atom. The quantitative estimate of drug-likeness (QED) is 0.0905. The Hall–Kier alpha value is -3.46. The second-order valence-electron chi connectivity index (χ2n) is 12.4. The molecule has 0 spiro atoms. The van der Waals surface area contributed by atoms with Crippen molar-refractivity contribution in [3.05, 3.63) is 102 Å². The molecule has 0 fully saturated rings. The van der Waals surface area contributed by atoms with Gasteiger partial charge in [0.2, 0.25) is 5.82 Å². The summed E-state index contributed by atoms with van der Waals surface area (Å²) in [5, 5.41) is 0. The van der Waals surface area contributed by atoms with E-state index in [1.807, 2.05) is 24.3 Å². The SMILES string of the molecule is CCCCCCCCCCOc1ccc(-c2ccc(-c3ccc(-c4ccc(CCCCCCCC)cc4)cc3)cc2)c(F)c1F. The van der Waals surface area contributed by atoms with Gasteiger partial charge in [-0.2, -0.15) is 4.39 Å². The predicted molar refractivity (Wildman–Crippen MR) is 188 cm³/mol. The first-order chi connectivity index (χ1) is 22.1. The van der Waals surface area contributed by atoms with Gasteiger partial charge in [-0.05, 0) is 64.8 Å². The molecule has 0 amide bonds. The van der Waals surface area contributed by atoms with Crippen LogP contribution >= 0.6 is 0 Å². The Labute approximate surface area is 271 Å². The summed E-state index contributed by atoms with van der Waals surface area (Å²) in [6.07, 6.45) is 18.5. The molecule has 4 aromatic carbocycles.